The molecule has 1 unspecified atom stereocenters. The smallest absolute Gasteiger partial charge is 0.155 e. The lowest BCUT2D eigenvalue weighted by molar-refractivity contribution is 0.0543. The molecule has 2 aromatic rings. The van der Waals surface area contributed by atoms with E-state index in [1.54, 1.807) is 0 Å². The Labute approximate surface area is 106 Å². The van der Waals surface area contributed by atoms with Gasteiger partial charge in [-0.1, -0.05) is 0 Å². The van der Waals surface area contributed by atoms with Crippen molar-refractivity contribution in [3.63, 3.8) is 0 Å². The molecule has 3 heterocycles. The lowest BCUT2D eigenvalue weighted by Gasteiger charge is -2.20. The maximum atomic E-state index is 5.62. The van der Waals surface area contributed by atoms with E-state index in [1.807, 2.05) is 22.8 Å². The van der Waals surface area contributed by atoms with Gasteiger partial charge in [0.25, 0.3) is 0 Å². The van der Waals surface area contributed by atoms with E-state index in [0.29, 0.717) is 12.5 Å². The van der Waals surface area contributed by atoms with Gasteiger partial charge < -0.3 is 10.5 Å². The molecule has 0 bridgehead atoms. The van der Waals surface area contributed by atoms with Crippen molar-refractivity contribution in [2.75, 3.05) is 13.2 Å². The minimum Gasteiger partial charge on any atom is -0.381 e. The molecule has 5 heteroatoms. The quantitative estimate of drug-likeness (QED) is 0.882. The van der Waals surface area contributed by atoms with Crippen molar-refractivity contribution in [2.45, 2.75) is 25.8 Å². The van der Waals surface area contributed by atoms with Crippen molar-refractivity contribution in [2.24, 2.45) is 11.7 Å². The molecule has 5 nitrogen and oxygen atoms in total. The monoisotopic (exact) mass is 246 g/mol. The van der Waals surface area contributed by atoms with Gasteiger partial charge in [0.15, 0.2) is 11.5 Å². The van der Waals surface area contributed by atoms with Crippen LogP contribution < -0.4 is 5.73 Å². The van der Waals surface area contributed by atoms with Gasteiger partial charge in [0.2, 0.25) is 0 Å². The topological polar surface area (TPSA) is 65.4 Å². The van der Waals surface area contributed by atoms with Crippen LogP contribution in [0.5, 0.6) is 0 Å². The van der Waals surface area contributed by atoms with Crippen LogP contribution in [-0.2, 0) is 17.7 Å². The molecule has 0 saturated carbocycles. The molecular weight excluding hydrogens is 228 g/mol. The number of nitrogens with zero attached hydrogens (tertiary/aromatic N) is 3. The van der Waals surface area contributed by atoms with Crippen molar-refractivity contribution in [1.82, 2.24) is 14.6 Å². The molecular formula is C13H18N4O. The number of hydrogen-bond donors (Lipinski definition) is 1. The lowest BCUT2D eigenvalue weighted by atomic mass is 9.98. The number of pyridine rings is 1. The van der Waals surface area contributed by atoms with Crippen molar-refractivity contribution in [3.8, 4) is 0 Å². The van der Waals surface area contributed by atoms with Gasteiger partial charge in [0.1, 0.15) is 0 Å². The summed E-state index contributed by atoms with van der Waals surface area (Å²) in [5, 5.41) is 4.49. The molecule has 1 fully saturated rings. The molecule has 1 aliphatic heterocycles. The van der Waals surface area contributed by atoms with Crippen molar-refractivity contribution in [3.05, 3.63) is 29.7 Å². The number of ether oxygens (including phenoxy) is 1. The van der Waals surface area contributed by atoms with Gasteiger partial charge in [0, 0.05) is 32.4 Å². The summed E-state index contributed by atoms with van der Waals surface area (Å²) in [5.41, 5.74) is 7.59. The van der Waals surface area contributed by atoms with Crippen LogP contribution in [0.2, 0.25) is 0 Å². The molecule has 1 saturated heterocycles. The molecule has 0 radical (unpaired) electrons. The second-order valence-corrected chi connectivity index (χ2v) is 4.86. The summed E-state index contributed by atoms with van der Waals surface area (Å²) in [7, 11) is 0. The minimum atomic E-state index is 0.537. The number of aromatic nitrogens is 3. The zero-order chi connectivity index (χ0) is 12.4. The van der Waals surface area contributed by atoms with E-state index in [2.05, 4.69) is 10.1 Å². The third kappa shape index (κ3) is 2.37. The Kier molecular flexibility index (Phi) is 3.25. The summed E-state index contributed by atoms with van der Waals surface area (Å²) in [4.78, 5) is 4.56. The van der Waals surface area contributed by atoms with Crippen LogP contribution in [-0.4, -0.2) is 27.8 Å². The molecule has 1 atom stereocenters. The predicted molar refractivity (Wildman–Crippen MR) is 68.1 cm³/mol. The molecule has 0 aliphatic carbocycles. The summed E-state index contributed by atoms with van der Waals surface area (Å²) >= 11 is 0. The first-order chi connectivity index (χ1) is 8.85. The van der Waals surface area contributed by atoms with Crippen molar-refractivity contribution >= 4 is 5.65 Å². The van der Waals surface area contributed by atoms with Gasteiger partial charge in [-0.25, -0.2) is 9.50 Å². The summed E-state index contributed by atoms with van der Waals surface area (Å²) in [6.07, 6.45) is 5.18. The summed E-state index contributed by atoms with van der Waals surface area (Å²) < 4.78 is 7.30. The van der Waals surface area contributed by atoms with Gasteiger partial charge in [-0.2, -0.15) is 5.10 Å². The largest absolute Gasteiger partial charge is 0.381 e. The summed E-state index contributed by atoms with van der Waals surface area (Å²) in [5.74, 6) is 1.46. The fraction of sp³-hybridized carbons (Fsp3) is 0.538. The van der Waals surface area contributed by atoms with Crippen LogP contribution in [0.25, 0.3) is 5.65 Å². The van der Waals surface area contributed by atoms with Crippen LogP contribution in [0.1, 0.15) is 24.2 Å². The van der Waals surface area contributed by atoms with Crippen LogP contribution in [0.15, 0.2) is 18.3 Å². The third-order valence-electron chi connectivity index (χ3n) is 3.41. The van der Waals surface area contributed by atoms with Gasteiger partial charge in [-0.3, -0.25) is 0 Å². The molecule has 0 spiro atoms. The second kappa shape index (κ2) is 5.04. The zero-order valence-corrected chi connectivity index (χ0v) is 10.4. The van der Waals surface area contributed by atoms with Crippen LogP contribution >= 0.6 is 0 Å². The lowest BCUT2D eigenvalue weighted by Crippen LogP contribution is -2.19. The first-order valence-corrected chi connectivity index (χ1v) is 6.47. The molecule has 2 N–H and O–H groups in total. The van der Waals surface area contributed by atoms with E-state index in [1.165, 1.54) is 6.42 Å². The zero-order valence-electron chi connectivity index (χ0n) is 10.4. The molecule has 18 heavy (non-hydrogen) atoms. The number of fused-ring (bicyclic) bond motifs is 1. The molecule has 0 aromatic carbocycles. The third-order valence-corrected chi connectivity index (χ3v) is 3.41. The molecule has 96 valence electrons. The highest BCUT2D eigenvalue weighted by Gasteiger charge is 2.16. The van der Waals surface area contributed by atoms with E-state index in [9.17, 15) is 0 Å². The minimum absolute atomic E-state index is 0.537. The Balaban J connectivity index is 1.79. The maximum Gasteiger partial charge on any atom is 0.155 e. The Hall–Kier alpha value is -1.46. The highest BCUT2D eigenvalue weighted by Crippen LogP contribution is 2.17. The summed E-state index contributed by atoms with van der Waals surface area (Å²) in [6.45, 7) is 2.27. The Morgan fingerprint density at radius 1 is 1.50 bits per heavy atom. The highest BCUT2D eigenvalue weighted by molar-refractivity contribution is 5.40. The average Bonchev–Trinajstić information content (AvgIpc) is 2.80. The van der Waals surface area contributed by atoms with Gasteiger partial charge in [0.05, 0.1) is 0 Å². The van der Waals surface area contributed by atoms with Crippen LogP contribution in [0, 0.1) is 5.92 Å². The Bertz CT molecular complexity index is 531. The number of rotatable bonds is 3. The van der Waals surface area contributed by atoms with Gasteiger partial charge in [-0.15, -0.1) is 0 Å². The van der Waals surface area contributed by atoms with Crippen molar-refractivity contribution < 1.29 is 4.74 Å². The maximum absolute atomic E-state index is 5.62. The van der Waals surface area contributed by atoms with E-state index >= 15 is 0 Å². The second-order valence-electron chi connectivity index (χ2n) is 4.86. The fourth-order valence-electron chi connectivity index (χ4n) is 2.41. The number of hydrogen-bond acceptors (Lipinski definition) is 4. The first-order valence-electron chi connectivity index (χ1n) is 6.47. The molecule has 2 aromatic heterocycles. The highest BCUT2D eigenvalue weighted by atomic mass is 16.5. The SMILES string of the molecule is NCc1ccn2nc(CC3CCCOC3)nc2c1. The van der Waals surface area contributed by atoms with E-state index < -0.39 is 0 Å². The van der Waals surface area contributed by atoms with Crippen molar-refractivity contribution in [1.29, 1.82) is 0 Å². The van der Waals surface area contributed by atoms with Crippen LogP contribution in [0.4, 0.5) is 0 Å². The number of nitrogens with two attached hydrogens (primary N) is 1. The van der Waals surface area contributed by atoms with Gasteiger partial charge in [-0.05, 0) is 36.5 Å². The Morgan fingerprint density at radius 3 is 3.22 bits per heavy atom. The standard InChI is InChI=1S/C13H18N4O/c14-8-10-3-4-17-13(7-10)15-12(16-17)6-11-2-1-5-18-9-11/h3-4,7,11H,1-2,5-6,8-9,14H2. The predicted octanol–water partition coefficient (Wildman–Crippen LogP) is 1.16. The van der Waals surface area contributed by atoms with E-state index in [0.717, 1.165) is 43.1 Å². The summed E-state index contributed by atoms with van der Waals surface area (Å²) in [6, 6.07) is 3.98. The van der Waals surface area contributed by atoms with E-state index in [4.69, 9.17) is 10.5 Å². The van der Waals surface area contributed by atoms with Gasteiger partial charge >= 0.3 is 0 Å². The normalized spacial score (nSPS) is 20.4. The average molecular weight is 246 g/mol. The van der Waals surface area contributed by atoms with Crippen LogP contribution in [0.3, 0.4) is 0 Å². The van der Waals surface area contributed by atoms with E-state index in [-0.39, 0.29) is 0 Å². The molecule has 3 rings (SSSR count). The molecule has 1 aliphatic rings. The fourth-order valence-corrected chi connectivity index (χ4v) is 2.41. The first kappa shape index (κ1) is 11.6. The Morgan fingerprint density at radius 2 is 2.44 bits per heavy atom. The molecule has 0 amide bonds.